The minimum atomic E-state index is 0.776. The zero-order valence-electron chi connectivity index (χ0n) is 36.4. The Kier molecular flexibility index (Phi) is 9.92. The molecule has 0 radical (unpaired) electrons. The predicted octanol–water partition coefficient (Wildman–Crippen LogP) is 16.8. The summed E-state index contributed by atoms with van der Waals surface area (Å²) in [6.07, 6.45) is 3.13. The fraction of sp³-hybridized carbons (Fsp3) is 0.0159. The van der Waals surface area contributed by atoms with E-state index in [1.807, 2.05) is 0 Å². The van der Waals surface area contributed by atoms with E-state index in [0.717, 1.165) is 34.9 Å². The normalized spacial score (nSPS) is 11.8. The van der Waals surface area contributed by atoms with E-state index in [2.05, 4.69) is 275 Å². The summed E-state index contributed by atoms with van der Waals surface area (Å²) in [5.41, 5.74) is 17.7. The van der Waals surface area contributed by atoms with Crippen LogP contribution in [0.25, 0.3) is 77.8 Å². The summed E-state index contributed by atoms with van der Waals surface area (Å²) in [5, 5.41) is 4.96. The van der Waals surface area contributed by atoms with Crippen LogP contribution < -0.4 is 4.90 Å². The Morgan fingerprint density at radius 3 is 1.48 bits per heavy atom. The fourth-order valence-electron chi connectivity index (χ4n) is 9.90. The van der Waals surface area contributed by atoms with Gasteiger partial charge in [0.1, 0.15) is 0 Å². The second-order valence-electron chi connectivity index (χ2n) is 17.0. The average molecular weight is 844 g/mol. The van der Waals surface area contributed by atoms with Gasteiger partial charge < -0.3 is 14.0 Å². The van der Waals surface area contributed by atoms with E-state index in [9.17, 15) is 0 Å². The number of para-hydroxylation sites is 5. The van der Waals surface area contributed by atoms with E-state index in [-0.39, 0.29) is 0 Å². The number of allylic oxidation sites excluding steroid dienone is 1. The molecule has 312 valence electrons. The number of nitrogens with zero attached hydrogens (tertiary/aromatic N) is 3. The van der Waals surface area contributed by atoms with Crippen molar-refractivity contribution in [1.29, 1.82) is 0 Å². The molecule has 0 aliphatic heterocycles. The van der Waals surface area contributed by atoms with E-state index < -0.39 is 0 Å². The molecular formula is C63H45N3. The molecule has 0 aliphatic rings. The Hall–Kier alpha value is -8.66. The third kappa shape index (κ3) is 7.13. The maximum atomic E-state index is 2.40. The number of aromatic nitrogens is 2. The van der Waals surface area contributed by atoms with Gasteiger partial charge in [-0.15, -0.1) is 0 Å². The lowest BCUT2D eigenvalue weighted by atomic mass is 9.93. The van der Waals surface area contributed by atoms with Crippen LogP contribution >= 0.6 is 0 Å². The van der Waals surface area contributed by atoms with Gasteiger partial charge in [-0.3, -0.25) is 0 Å². The van der Waals surface area contributed by atoms with E-state index in [4.69, 9.17) is 0 Å². The van der Waals surface area contributed by atoms with Gasteiger partial charge in [-0.1, -0.05) is 170 Å². The highest BCUT2D eigenvalue weighted by atomic mass is 15.1. The molecular weight excluding hydrogens is 799 g/mol. The van der Waals surface area contributed by atoms with Crippen molar-refractivity contribution in [2.75, 3.05) is 4.90 Å². The molecule has 0 aliphatic carbocycles. The summed E-state index contributed by atoms with van der Waals surface area (Å²) in [7, 11) is 0. The summed E-state index contributed by atoms with van der Waals surface area (Å²) < 4.78 is 4.76. The SMILES string of the molecule is C(=C(\Cc1cccc(-c2cccc(N(c3ccccc3)c3ccc4c(c3)c3ccccc3n4-c3ccccc3)c2)c1)c1ccc2c(c1)c1ccccc1n2-c1ccccc1)/c1ccccc1. The second kappa shape index (κ2) is 16.8. The first kappa shape index (κ1) is 39.0. The molecule has 0 spiro atoms. The van der Waals surface area contributed by atoms with Gasteiger partial charge in [0.2, 0.25) is 0 Å². The Balaban J connectivity index is 0.930. The Morgan fingerprint density at radius 1 is 0.348 bits per heavy atom. The maximum Gasteiger partial charge on any atom is 0.0542 e. The lowest BCUT2D eigenvalue weighted by Crippen LogP contribution is -2.10. The second-order valence-corrected chi connectivity index (χ2v) is 17.0. The maximum absolute atomic E-state index is 2.40. The summed E-state index contributed by atoms with van der Waals surface area (Å²) in [6.45, 7) is 0. The Morgan fingerprint density at radius 2 is 0.833 bits per heavy atom. The van der Waals surface area contributed by atoms with E-state index in [1.165, 1.54) is 77.0 Å². The first-order valence-electron chi connectivity index (χ1n) is 22.7. The van der Waals surface area contributed by atoms with Crippen LogP contribution in [0.5, 0.6) is 0 Å². The lowest BCUT2D eigenvalue weighted by Gasteiger charge is -2.26. The van der Waals surface area contributed by atoms with Crippen molar-refractivity contribution in [3.8, 4) is 22.5 Å². The van der Waals surface area contributed by atoms with Crippen molar-refractivity contribution in [3.05, 3.63) is 271 Å². The van der Waals surface area contributed by atoms with Crippen molar-refractivity contribution >= 4 is 72.3 Å². The van der Waals surface area contributed by atoms with Gasteiger partial charge in [0.15, 0.2) is 0 Å². The van der Waals surface area contributed by atoms with Crippen LogP contribution in [0.15, 0.2) is 255 Å². The largest absolute Gasteiger partial charge is 0.310 e. The topological polar surface area (TPSA) is 13.1 Å². The van der Waals surface area contributed by atoms with Crippen LogP contribution in [0, 0.1) is 0 Å². The van der Waals surface area contributed by atoms with Crippen LogP contribution in [-0.2, 0) is 6.42 Å². The molecule has 0 amide bonds. The smallest absolute Gasteiger partial charge is 0.0542 e. The van der Waals surface area contributed by atoms with Gasteiger partial charge >= 0.3 is 0 Å². The highest BCUT2D eigenvalue weighted by Crippen LogP contribution is 2.41. The third-order valence-corrected chi connectivity index (χ3v) is 12.9. The first-order chi connectivity index (χ1) is 32.7. The van der Waals surface area contributed by atoms with Gasteiger partial charge in [0.25, 0.3) is 0 Å². The first-order valence-corrected chi connectivity index (χ1v) is 22.7. The molecule has 3 nitrogen and oxygen atoms in total. The van der Waals surface area contributed by atoms with Crippen LogP contribution in [0.4, 0.5) is 17.1 Å². The van der Waals surface area contributed by atoms with Crippen LogP contribution in [0.2, 0.25) is 0 Å². The standard InChI is InChI=1S/C63H45N3/c1-5-19-45(20-6-1)39-50(49-35-37-62-58(43-49)56-31-13-15-33-60(56)65(62)52-26-9-3-10-27-52)41-46-21-17-22-47(40-46)48-23-18-30-54(42-48)64(51-24-7-2-8-25-51)55-36-38-63-59(44-55)57-32-14-16-34-61(57)66(63)53-28-11-4-12-29-53/h1-40,42-44H,41H2/b50-39-. The number of hydrogen-bond donors (Lipinski definition) is 0. The molecule has 66 heavy (non-hydrogen) atoms. The lowest BCUT2D eigenvalue weighted by molar-refractivity contribution is 1.18. The van der Waals surface area contributed by atoms with Gasteiger partial charge in [-0.25, -0.2) is 0 Å². The zero-order valence-corrected chi connectivity index (χ0v) is 36.4. The molecule has 0 N–H and O–H groups in total. The number of rotatable bonds is 10. The Labute approximate surface area is 385 Å². The number of benzene rings is 10. The average Bonchev–Trinajstić information content (AvgIpc) is 3.90. The van der Waals surface area contributed by atoms with Crippen molar-refractivity contribution in [2.45, 2.75) is 6.42 Å². The van der Waals surface area contributed by atoms with Gasteiger partial charge in [-0.05, 0) is 131 Å². The zero-order chi connectivity index (χ0) is 43.8. The number of anilines is 3. The number of fused-ring (bicyclic) bond motifs is 6. The minimum Gasteiger partial charge on any atom is -0.310 e. The van der Waals surface area contributed by atoms with E-state index in [1.54, 1.807) is 0 Å². The molecule has 12 rings (SSSR count). The van der Waals surface area contributed by atoms with Crippen LogP contribution in [-0.4, -0.2) is 9.13 Å². The third-order valence-electron chi connectivity index (χ3n) is 12.9. The molecule has 0 saturated carbocycles. The molecule has 0 unspecified atom stereocenters. The highest BCUT2D eigenvalue weighted by molar-refractivity contribution is 6.11. The van der Waals surface area contributed by atoms with E-state index in [0.29, 0.717) is 0 Å². The molecule has 0 fully saturated rings. The Bertz CT molecular complexity index is 3710. The van der Waals surface area contributed by atoms with Crippen molar-refractivity contribution in [2.24, 2.45) is 0 Å². The molecule has 12 aromatic rings. The molecule has 10 aromatic carbocycles. The highest BCUT2D eigenvalue weighted by Gasteiger charge is 2.19. The van der Waals surface area contributed by atoms with Crippen LogP contribution in [0.3, 0.4) is 0 Å². The molecule has 2 aromatic heterocycles. The van der Waals surface area contributed by atoms with Crippen molar-refractivity contribution in [3.63, 3.8) is 0 Å². The van der Waals surface area contributed by atoms with Crippen molar-refractivity contribution < 1.29 is 0 Å². The summed E-state index contributed by atoms with van der Waals surface area (Å²) >= 11 is 0. The molecule has 0 saturated heterocycles. The minimum absolute atomic E-state index is 0.776. The molecule has 3 heteroatoms. The summed E-state index contributed by atoms with van der Waals surface area (Å²) in [4.78, 5) is 2.38. The van der Waals surface area contributed by atoms with Gasteiger partial charge in [0.05, 0.1) is 22.1 Å². The molecule has 0 atom stereocenters. The molecule has 0 bridgehead atoms. The molecule has 2 heterocycles. The predicted molar refractivity (Wildman–Crippen MR) is 280 cm³/mol. The van der Waals surface area contributed by atoms with Crippen LogP contribution in [0.1, 0.15) is 16.7 Å². The van der Waals surface area contributed by atoms with Gasteiger partial charge in [0, 0.05) is 50.0 Å². The summed E-state index contributed by atoms with van der Waals surface area (Å²) in [6, 6.07) is 92.2. The monoisotopic (exact) mass is 843 g/mol. The van der Waals surface area contributed by atoms with E-state index >= 15 is 0 Å². The van der Waals surface area contributed by atoms with Gasteiger partial charge in [-0.2, -0.15) is 0 Å². The fourth-order valence-corrected chi connectivity index (χ4v) is 9.90. The number of hydrogen-bond acceptors (Lipinski definition) is 1. The summed E-state index contributed by atoms with van der Waals surface area (Å²) in [5.74, 6) is 0. The van der Waals surface area contributed by atoms with Crippen molar-refractivity contribution in [1.82, 2.24) is 9.13 Å². The quantitative estimate of drug-likeness (QED) is 0.125.